The minimum Gasteiger partial charge on any atom is -0.373 e. The van der Waals surface area contributed by atoms with E-state index in [9.17, 15) is 4.79 Å². The van der Waals surface area contributed by atoms with Gasteiger partial charge in [-0.2, -0.15) is 5.10 Å². The zero-order chi connectivity index (χ0) is 11.5. The summed E-state index contributed by atoms with van der Waals surface area (Å²) in [6.07, 6.45) is 4.17. The molecule has 0 atom stereocenters. The summed E-state index contributed by atoms with van der Waals surface area (Å²) in [6.45, 7) is 4.12. The zero-order valence-corrected chi connectivity index (χ0v) is 9.86. The van der Waals surface area contributed by atoms with Gasteiger partial charge in [0.2, 0.25) is 5.91 Å². The summed E-state index contributed by atoms with van der Waals surface area (Å²) in [5.74, 6) is 0.181. The first kappa shape index (κ1) is 11.0. The summed E-state index contributed by atoms with van der Waals surface area (Å²) in [5.41, 5.74) is 1.87. The molecular formula is C11H18N4O. The number of likely N-dealkylation sites (tertiary alicyclic amines) is 1. The number of amides is 1. The Morgan fingerprint density at radius 1 is 1.50 bits per heavy atom. The van der Waals surface area contributed by atoms with Crippen molar-refractivity contribution in [2.24, 2.45) is 7.05 Å². The Bertz CT molecular complexity index is 379. The van der Waals surface area contributed by atoms with Gasteiger partial charge in [-0.15, -0.1) is 0 Å². The number of rotatable bonds is 3. The van der Waals surface area contributed by atoms with Crippen molar-refractivity contribution in [1.82, 2.24) is 14.7 Å². The molecule has 88 valence electrons. The molecule has 0 saturated carbocycles. The standard InChI is InChI=1S/C11H18N4O/c1-9-10(8-14(2)13-9)12-7-11(16)15-5-3-4-6-15/h8,12H,3-7H2,1-2H3. The average molecular weight is 222 g/mol. The fourth-order valence-electron chi connectivity index (χ4n) is 2.02. The third-order valence-electron chi connectivity index (χ3n) is 2.90. The van der Waals surface area contributed by atoms with E-state index < -0.39 is 0 Å². The van der Waals surface area contributed by atoms with Crippen molar-refractivity contribution >= 4 is 11.6 Å². The molecule has 0 aromatic carbocycles. The van der Waals surface area contributed by atoms with Crippen molar-refractivity contribution in [2.45, 2.75) is 19.8 Å². The molecule has 2 heterocycles. The van der Waals surface area contributed by atoms with E-state index in [0.29, 0.717) is 6.54 Å². The van der Waals surface area contributed by atoms with Crippen LogP contribution in [0.25, 0.3) is 0 Å². The molecule has 1 aliphatic rings. The average Bonchev–Trinajstić information content (AvgIpc) is 2.84. The molecule has 0 spiro atoms. The van der Waals surface area contributed by atoms with Gasteiger partial charge in [0.15, 0.2) is 0 Å². The smallest absolute Gasteiger partial charge is 0.241 e. The minimum atomic E-state index is 0.181. The van der Waals surface area contributed by atoms with E-state index in [-0.39, 0.29) is 5.91 Å². The molecular weight excluding hydrogens is 204 g/mol. The molecule has 0 aliphatic carbocycles. The van der Waals surface area contributed by atoms with Gasteiger partial charge in [0.05, 0.1) is 17.9 Å². The molecule has 0 unspecified atom stereocenters. The summed E-state index contributed by atoms with van der Waals surface area (Å²) in [5, 5.41) is 7.35. The lowest BCUT2D eigenvalue weighted by atomic mass is 10.4. The van der Waals surface area contributed by atoms with Crippen LogP contribution in [0.5, 0.6) is 0 Å². The molecule has 16 heavy (non-hydrogen) atoms. The second-order valence-electron chi connectivity index (χ2n) is 4.24. The van der Waals surface area contributed by atoms with Crippen LogP contribution in [0.1, 0.15) is 18.5 Å². The highest BCUT2D eigenvalue weighted by atomic mass is 16.2. The molecule has 1 amide bonds. The second kappa shape index (κ2) is 4.55. The SMILES string of the molecule is Cc1nn(C)cc1NCC(=O)N1CCCC1. The van der Waals surface area contributed by atoms with Crippen molar-refractivity contribution < 1.29 is 4.79 Å². The van der Waals surface area contributed by atoms with Gasteiger partial charge in [-0.1, -0.05) is 0 Å². The molecule has 1 N–H and O–H groups in total. The number of hydrogen-bond acceptors (Lipinski definition) is 3. The quantitative estimate of drug-likeness (QED) is 0.821. The highest BCUT2D eigenvalue weighted by Crippen LogP contribution is 2.12. The van der Waals surface area contributed by atoms with Crippen molar-refractivity contribution in [1.29, 1.82) is 0 Å². The Balaban J connectivity index is 1.87. The topological polar surface area (TPSA) is 50.2 Å². The fraction of sp³-hybridized carbons (Fsp3) is 0.636. The lowest BCUT2D eigenvalue weighted by Gasteiger charge is -2.15. The predicted octanol–water partition coefficient (Wildman–Crippen LogP) is 0.763. The normalized spacial score (nSPS) is 15.5. The lowest BCUT2D eigenvalue weighted by molar-refractivity contribution is -0.128. The van der Waals surface area contributed by atoms with Crippen LogP contribution >= 0.6 is 0 Å². The van der Waals surface area contributed by atoms with Crippen molar-refractivity contribution in [3.05, 3.63) is 11.9 Å². The summed E-state index contributed by atoms with van der Waals surface area (Å²) >= 11 is 0. The van der Waals surface area contributed by atoms with Gasteiger partial charge in [0.25, 0.3) is 0 Å². The number of nitrogens with zero attached hydrogens (tertiary/aromatic N) is 3. The van der Waals surface area contributed by atoms with Gasteiger partial charge >= 0.3 is 0 Å². The van der Waals surface area contributed by atoms with Crippen LogP contribution in [-0.4, -0.2) is 40.2 Å². The van der Waals surface area contributed by atoms with E-state index in [4.69, 9.17) is 0 Å². The first-order valence-corrected chi connectivity index (χ1v) is 5.68. The van der Waals surface area contributed by atoms with Gasteiger partial charge < -0.3 is 10.2 Å². The maximum atomic E-state index is 11.8. The van der Waals surface area contributed by atoms with E-state index in [2.05, 4.69) is 10.4 Å². The largest absolute Gasteiger partial charge is 0.373 e. The van der Waals surface area contributed by atoms with Crippen LogP contribution in [0, 0.1) is 6.92 Å². The fourth-order valence-corrected chi connectivity index (χ4v) is 2.02. The molecule has 1 aromatic rings. The summed E-state index contributed by atoms with van der Waals surface area (Å²) < 4.78 is 1.75. The predicted molar refractivity (Wildman–Crippen MR) is 62.2 cm³/mol. The monoisotopic (exact) mass is 222 g/mol. The molecule has 1 aromatic heterocycles. The van der Waals surface area contributed by atoms with Crippen molar-refractivity contribution in [2.75, 3.05) is 25.0 Å². The maximum absolute atomic E-state index is 11.8. The molecule has 0 radical (unpaired) electrons. The molecule has 1 aliphatic heterocycles. The van der Waals surface area contributed by atoms with Gasteiger partial charge in [0.1, 0.15) is 0 Å². The summed E-state index contributed by atoms with van der Waals surface area (Å²) in [4.78, 5) is 13.7. The van der Waals surface area contributed by atoms with Crippen LogP contribution in [-0.2, 0) is 11.8 Å². The number of anilines is 1. The van der Waals surface area contributed by atoms with E-state index in [1.807, 2.05) is 25.1 Å². The number of carbonyl (C=O) groups is 1. The summed E-state index contributed by atoms with van der Waals surface area (Å²) in [6, 6.07) is 0. The van der Waals surface area contributed by atoms with E-state index >= 15 is 0 Å². The van der Waals surface area contributed by atoms with Crippen LogP contribution in [0.4, 0.5) is 5.69 Å². The van der Waals surface area contributed by atoms with Crippen LogP contribution in [0.15, 0.2) is 6.20 Å². The molecule has 1 fully saturated rings. The molecule has 1 saturated heterocycles. The van der Waals surface area contributed by atoms with Crippen molar-refractivity contribution in [3.63, 3.8) is 0 Å². The maximum Gasteiger partial charge on any atom is 0.241 e. The first-order chi connectivity index (χ1) is 7.66. The minimum absolute atomic E-state index is 0.181. The van der Waals surface area contributed by atoms with Crippen LogP contribution in [0.3, 0.4) is 0 Å². The third-order valence-corrected chi connectivity index (χ3v) is 2.90. The van der Waals surface area contributed by atoms with Crippen LogP contribution < -0.4 is 5.32 Å². The Morgan fingerprint density at radius 3 is 2.75 bits per heavy atom. The van der Waals surface area contributed by atoms with Gasteiger partial charge in [-0.05, 0) is 19.8 Å². The van der Waals surface area contributed by atoms with Crippen molar-refractivity contribution in [3.8, 4) is 0 Å². The summed E-state index contributed by atoms with van der Waals surface area (Å²) in [7, 11) is 1.88. The van der Waals surface area contributed by atoms with Gasteiger partial charge in [-0.3, -0.25) is 9.48 Å². The number of aromatic nitrogens is 2. The molecule has 0 bridgehead atoms. The number of carbonyl (C=O) groups excluding carboxylic acids is 1. The lowest BCUT2D eigenvalue weighted by Crippen LogP contribution is -2.33. The number of hydrogen-bond donors (Lipinski definition) is 1. The number of nitrogens with one attached hydrogen (secondary N) is 1. The van der Waals surface area contributed by atoms with E-state index in [1.54, 1.807) is 4.68 Å². The second-order valence-corrected chi connectivity index (χ2v) is 4.24. The van der Waals surface area contributed by atoms with Crippen LogP contribution in [0.2, 0.25) is 0 Å². The Hall–Kier alpha value is -1.52. The Morgan fingerprint density at radius 2 is 2.19 bits per heavy atom. The van der Waals surface area contributed by atoms with Gasteiger partial charge in [0, 0.05) is 26.3 Å². The third kappa shape index (κ3) is 2.35. The highest BCUT2D eigenvalue weighted by molar-refractivity contribution is 5.81. The molecule has 5 heteroatoms. The van der Waals surface area contributed by atoms with E-state index in [0.717, 1.165) is 37.3 Å². The Labute approximate surface area is 95.4 Å². The molecule has 2 rings (SSSR count). The van der Waals surface area contributed by atoms with E-state index in [1.165, 1.54) is 0 Å². The zero-order valence-electron chi connectivity index (χ0n) is 9.86. The molecule has 5 nitrogen and oxygen atoms in total. The van der Waals surface area contributed by atoms with Gasteiger partial charge in [-0.25, -0.2) is 0 Å². The Kier molecular flexibility index (Phi) is 3.12. The number of aryl methyl sites for hydroxylation is 2. The highest BCUT2D eigenvalue weighted by Gasteiger charge is 2.17. The first-order valence-electron chi connectivity index (χ1n) is 5.68.